The van der Waals surface area contributed by atoms with Crippen molar-refractivity contribution < 1.29 is 9.53 Å². The van der Waals surface area contributed by atoms with Gasteiger partial charge in [0.05, 0.1) is 12.1 Å². The second kappa shape index (κ2) is 2.63. The topological polar surface area (TPSA) is 41.6 Å². The number of hydrogen-bond donors (Lipinski definition) is 1. The molecule has 0 aromatic heterocycles. The normalized spacial score (nSPS) is 45.5. The van der Waals surface area contributed by atoms with Crippen LogP contribution in [0.2, 0.25) is 0 Å². The monoisotopic (exact) mass is 196 g/mol. The van der Waals surface area contributed by atoms with Crippen LogP contribution in [0.5, 0.6) is 0 Å². The summed E-state index contributed by atoms with van der Waals surface area (Å²) in [5.74, 6) is 0.610. The van der Waals surface area contributed by atoms with E-state index in [-0.39, 0.29) is 12.2 Å². The number of piperidine rings is 1. The number of rotatable bonds is 1. The first kappa shape index (κ1) is 8.53. The van der Waals surface area contributed by atoms with E-state index in [9.17, 15) is 4.79 Å². The molecular weight excluding hydrogens is 180 g/mol. The zero-order valence-electron chi connectivity index (χ0n) is 8.56. The average molecular weight is 196 g/mol. The average Bonchev–Trinajstić information content (AvgIpc) is 2.55. The number of carbonyl (C=O) groups excluding carboxylic acids is 1. The summed E-state index contributed by atoms with van der Waals surface area (Å²) in [4.78, 5) is 13.6. The van der Waals surface area contributed by atoms with Gasteiger partial charge in [0.25, 0.3) is 0 Å². The molecule has 0 radical (unpaired) electrons. The summed E-state index contributed by atoms with van der Waals surface area (Å²) >= 11 is 0. The van der Waals surface area contributed by atoms with Gasteiger partial charge in [0.15, 0.2) is 0 Å². The van der Waals surface area contributed by atoms with E-state index in [2.05, 4.69) is 24.1 Å². The maximum Gasteiger partial charge on any atom is 0.407 e. The number of nitrogens with zero attached hydrogens (tertiary/aromatic N) is 1. The molecule has 0 spiro atoms. The predicted octanol–water partition coefficient (Wildman–Crippen LogP) is 0.576. The Kier molecular flexibility index (Phi) is 1.60. The summed E-state index contributed by atoms with van der Waals surface area (Å²) in [7, 11) is 0. The van der Waals surface area contributed by atoms with Crippen molar-refractivity contribution in [3.05, 3.63) is 0 Å². The van der Waals surface area contributed by atoms with Gasteiger partial charge in [-0.2, -0.15) is 0 Å². The highest BCUT2D eigenvalue weighted by molar-refractivity contribution is 5.70. The molecule has 1 saturated carbocycles. The molecule has 2 aliphatic heterocycles. The van der Waals surface area contributed by atoms with E-state index in [1.807, 2.05) is 0 Å². The van der Waals surface area contributed by atoms with E-state index in [1.54, 1.807) is 0 Å². The number of hydrogen-bond acceptors (Lipinski definition) is 3. The summed E-state index contributed by atoms with van der Waals surface area (Å²) in [6.45, 7) is 5.53. The van der Waals surface area contributed by atoms with Crippen LogP contribution in [-0.2, 0) is 4.74 Å². The fraction of sp³-hybridized carbons (Fsp3) is 0.900. The highest BCUT2D eigenvalue weighted by atomic mass is 16.6. The summed E-state index contributed by atoms with van der Waals surface area (Å²) in [5.41, 5.74) is 0. The van der Waals surface area contributed by atoms with Gasteiger partial charge in [-0.05, 0) is 26.2 Å². The maximum absolute atomic E-state index is 11.2. The third-order valence-corrected chi connectivity index (χ3v) is 3.83. The van der Waals surface area contributed by atoms with E-state index < -0.39 is 0 Å². The number of amides is 1. The van der Waals surface area contributed by atoms with Crippen molar-refractivity contribution in [1.82, 2.24) is 10.2 Å². The van der Waals surface area contributed by atoms with E-state index in [4.69, 9.17) is 4.74 Å². The first-order valence-corrected chi connectivity index (χ1v) is 5.39. The second-order valence-electron chi connectivity index (χ2n) is 4.89. The third-order valence-electron chi connectivity index (χ3n) is 3.83. The Labute approximate surface area is 83.6 Å². The Bertz CT molecular complexity index is 279. The molecule has 4 atom stereocenters. The standard InChI is InChI=1S/C10H16N2O2/c1-5(2)12-4-6-3-7-9(12)8(6)11-10(13)14-7/h5-9H,3-4H2,1-2H3,(H,11,13). The molecule has 0 aromatic rings. The summed E-state index contributed by atoms with van der Waals surface area (Å²) in [5, 5.41) is 2.95. The van der Waals surface area contributed by atoms with Crippen LogP contribution in [0.3, 0.4) is 0 Å². The lowest BCUT2D eigenvalue weighted by molar-refractivity contribution is 0.00428. The fourth-order valence-corrected chi connectivity index (χ4v) is 3.28. The van der Waals surface area contributed by atoms with Crippen molar-refractivity contribution in [2.75, 3.05) is 6.54 Å². The van der Waals surface area contributed by atoms with Gasteiger partial charge >= 0.3 is 6.09 Å². The van der Waals surface area contributed by atoms with Crippen LogP contribution in [0.4, 0.5) is 4.79 Å². The molecule has 4 nitrogen and oxygen atoms in total. The van der Waals surface area contributed by atoms with Gasteiger partial charge < -0.3 is 10.1 Å². The minimum atomic E-state index is -0.218. The van der Waals surface area contributed by atoms with Crippen molar-refractivity contribution in [2.24, 2.45) is 5.92 Å². The number of carbonyl (C=O) groups is 1. The first-order valence-electron chi connectivity index (χ1n) is 5.39. The van der Waals surface area contributed by atoms with Crippen LogP contribution in [-0.4, -0.2) is 41.8 Å². The van der Waals surface area contributed by atoms with Gasteiger partial charge in [-0.3, -0.25) is 4.90 Å². The molecule has 4 bridgehead atoms. The van der Waals surface area contributed by atoms with Crippen LogP contribution in [0.1, 0.15) is 20.3 Å². The molecule has 1 N–H and O–H groups in total. The summed E-state index contributed by atoms with van der Waals surface area (Å²) < 4.78 is 5.30. The molecule has 1 aliphatic carbocycles. The molecule has 3 rings (SSSR count). The van der Waals surface area contributed by atoms with Crippen LogP contribution in [0.15, 0.2) is 0 Å². The quantitative estimate of drug-likeness (QED) is 0.667. The minimum Gasteiger partial charge on any atom is -0.444 e. The molecule has 4 unspecified atom stereocenters. The molecule has 1 amide bonds. The van der Waals surface area contributed by atoms with Gasteiger partial charge in [0, 0.05) is 12.6 Å². The van der Waals surface area contributed by atoms with Crippen LogP contribution in [0, 0.1) is 5.92 Å². The number of alkyl carbamates (subject to hydrolysis) is 1. The van der Waals surface area contributed by atoms with Gasteiger partial charge in [0.1, 0.15) is 6.10 Å². The molecule has 2 heterocycles. The van der Waals surface area contributed by atoms with E-state index in [1.165, 1.54) is 0 Å². The molecule has 4 heteroatoms. The smallest absolute Gasteiger partial charge is 0.407 e. The van der Waals surface area contributed by atoms with Gasteiger partial charge in [0.2, 0.25) is 0 Å². The van der Waals surface area contributed by atoms with Crippen LogP contribution >= 0.6 is 0 Å². The van der Waals surface area contributed by atoms with Crippen molar-refractivity contribution in [3.8, 4) is 0 Å². The van der Waals surface area contributed by atoms with Crippen LogP contribution < -0.4 is 5.32 Å². The third kappa shape index (κ3) is 0.947. The van der Waals surface area contributed by atoms with Crippen molar-refractivity contribution in [2.45, 2.75) is 44.5 Å². The molecule has 2 saturated heterocycles. The Morgan fingerprint density at radius 3 is 3.00 bits per heavy atom. The highest BCUT2D eigenvalue weighted by Gasteiger charge is 2.57. The molecule has 14 heavy (non-hydrogen) atoms. The van der Waals surface area contributed by atoms with Gasteiger partial charge in [-0.15, -0.1) is 0 Å². The molecule has 0 aromatic carbocycles. The number of ether oxygens (including phenoxy) is 1. The summed E-state index contributed by atoms with van der Waals surface area (Å²) in [6, 6.07) is 1.33. The maximum atomic E-state index is 11.2. The molecule has 78 valence electrons. The van der Waals surface area contributed by atoms with E-state index >= 15 is 0 Å². The second-order valence-corrected chi connectivity index (χ2v) is 4.89. The number of nitrogens with one attached hydrogen (secondary N) is 1. The van der Waals surface area contributed by atoms with Gasteiger partial charge in [-0.1, -0.05) is 0 Å². The Hall–Kier alpha value is -0.770. The SMILES string of the molecule is CC(C)N1CC2CC3OC(=O)NC2C31. The molecule has 3 fully saturated rings. The Morgan fingerprint density at radius 2 is 2.36 bits per heavy atom. The van der Waals surface area contributed by atoms with Crippen molar-refractivity contribution >= 4 is 6.09 Å². The zero-order chi connectivity index (χ0) is 9.87. The number of likely N-dealkylation sites (tertiary alicyclic amines) is 1. The zero-order valence-corrected chi connectivity index (χ0v) is 8.56. The molecule has 3 aliphatic rings. The fourth-order valence-electron chi connectivity index (χ4n) is 3.28. The predicted molar refractivity (Wildman–Crippen MR) is 50.9 cm³/mol. The lowest BCUT2D eigenvalue weighted by Crippen LogP contribution is -2.56. The molecular formula is C10H16N2O2. The van der Waals surface area contributed by atoms with E-state index in [0.717, 1.165) is 13.0 Å². The summed E-state index contributed by atoms with van der Waals surface area (Å²) in [6.07, 6.45) is 0.983. The largest absolute Gasteiger partial charge is 0.444 e. The lowest BCUT2D eigenvalue weighted by atomic mass is 10.1. The Morgan fingerprint density at radius 1 is 1.57 bits per heavy atom. The highest BCUT2D eigenvalue weighted by Crippen LogP contribution is 2.42. The lowest BCUT2D eigenvalue weighted by Gasteiger charge is -2.37. The van der Waals surface area contributed by atoms with Crippen LogP contribution in [0.25, 0.3) is 0 Å². The van der Waals surface area contributed by atoms with Crippen molar-refractivity contribution in [3.63, 3.8) is 0 Å². The van der Waals surface area contributed by atoms with Gasteiger partial charge in [-0.25, -0.2) is 4.79 Å². The first-order chi connectivity index (χ1) is 6.66. The Balaban J connectivity index is 1.87. The van der Waals surface area contributed by atoms with E-state index in [0.29, 0.717) is 24.0 Å². The van der Waals surface area contributed by atoms with Crippen molar-refractivity contribution in [1.29, 1.82) is 0 Å². The minimum absolute atomic E-state index is 0.148.